The number of ether oxygens (including phenoxy) is 2. The smallest absolute Gasteiger partial charge is 0.259 e. The molecule has 2 N–H and O–H groups in total. The fraction of sp³-hybridized carbons (Fsp3) is 0.318. The van der Waals surface area contributed by atoms with Gasteiger partial charge in [-0.05, 0) is 53.8 Å². The standard InChI is InChI=1S/C22H27N3O4/c1-14(2)18-11-16(15(3)10-20(18)29-5)12-24-25-21(26)13-23-22(27)17-8-6-7-9-19(17)28-4/h6-12,14H,13H2,1-5H3,(H,23,27)(H,25,26). The van der Waals surface area contributed by atoms with E-state index in [1.807, 2.05) is 19.1 Å². The monoisotopic (exact) mass is 397 g/mol. The third kappa shape index (κ3) is 5.81. The van der Waals surface area contributed by atoms with Gasteiger partial charge in [0.2, 0.25) is 0 Å². The van der Waals surface area contributed by atoms with Crippen LogP contribution in [0.3, 0.4) is 0 Å². The quantitative estimate of drug-likeness (QED) is 0.529. The molecule has 0 bridgehead atoms. The van der Waals surface area contributed by atoms with Gasteiger partial charge in [-0.25, -0.2) is 5.43 Å². The Balaban J connectivity index is 1.96. The van der Waals surface area contributed by atoms with Crippen LogP contribution in [0.15, 0.2) is 41.5 Å². The van der Waals surface area contributed by atoms with Crippen LogP contribution in [0.2, 0.25) is 0 Å². The van der Waals surface area contributed by atoms with E-state index in [9.17, 15) is 9.59 Å². The Morgan fingerprint density at radius 3 is 2.45 bits per heavy atom. The number of hydrazone groups is 1. The molecule has 0 aromatic heterocycles. The molecule has 2 aromatic carbocycles. The van der Waals surface area contributed by atoms with E-state index < -0.39 is 11.8 Å². The fourth-order valence-electron chi connectivity index (χ4n) is 2.78. The first-order valence-electron chi connectivity index (χ1n) is 9.29. The van der Waals surface area contributed by atoms with Crippen LogP contribution < -0.4 is 20.2 Å². The second-order valence-electron chi connectivity index (χ2n) is 6.78. The average molecular weight is 397 g/mol. The number of nitrogens with zero attached hydrogens (tertiary/aromatic N) is 1. The van der Waals surface area contributed by atoms with Crippen LogP contribution in [-0.4, -0.2) is 38.8 Å². The average Bonchev–Trinajstić information content (AvgIpc) is 2.72. The second-order valence-corrected chi connectivity index (χ2v) is 6.78. The van der Waals surface area contributed by atoms with Crippen LogP contribution in [0.1, 0.15) is 46.8 Å². The molecule has 0 saturated heterocycles. The Labute approximate surface area is 171 Å². The summed E-state index contributed by atoms with van der Waals surface area (Å²) < 4.78 is 10.6. The van der Waals surface area contributed by atoms with E-state index in [-0.39, 0.29) is 12.5 Å². The molecule has 0 aliphatic heterocycles. The maximum atomic E-state index is 12.2. The van der Waals surface area contributed by atoms with Gasteiger partial charge in [-0.15, -0.1) is 0 Å². The van der Waals surface area contributed by atoms with E-state index in [4.69, 9.17) is 9.47 Å². The maximum absolute atomic E-state index is 12.2. The van der Waals surface area contributed by atoms with Crippen molar-refractivity contribution in [3.05, 3.63) is 58.7 Å². The van der Waals surface area contributed by atoms with Crippen molar-refractivity contribution in [3.63, 3.8) is 0 Å². The van der Waals surface area contributed by atoms with Crippen LogP contribution in [0.25, 0.3) is 0 Å². The lowest BCUT2D eigenvalue weighted by Gasteiger charge is -2.14. The number of hydrogen-bond acceptors (Lipinski definition) is 5. The van der Waals surface area contributed by atoms with Gasteiger partial charge in [-0.2, -0.15) is 5.10 Å². The second kappa shape index (κ2) is 10.3. The molecule has 0 unspecified atom stereocenters. The number of rotatable bonds is 8. The van der Waals surface area contributed by atoms with Crippen molar-refractivity contribution < 1.29 is 19.1 Å². The third-order valence-electron chi connectivity index (χ3n) is 4.39. The van der Waals surface area contributed by atoms with Crippen molar-refractivity contribution >= 4 is 18.0 Å². The first-order chi connectivity index (χ1) is 13.9. The maximum Gasteiger partial charge on any atom is 0.259 e. The predicted molar refractivity (Wildman–Crippen MR) is 113 cm³/mol. The van der Waals surface area contributed by atoms with Gasteiger partial charge in [-0.3, -0.25) is 9.59 Å². The van der Waals surface area contributed by atoms with Crippen molar-refractivity contribution in [2.75, 3.05) is 20.8 Å². The SMILES string of the molecule is COc1ccccc1C(=O)NCC(=O)NN=Cc1cc(C(C)C)c(OC)cc1C. The number of aryl methyl sites for hydroxylation is 1. The molecule has 2 amide bonds. The van der Waals surface area contributed by atoms with Crippen LogP contribution >= 0.6 is 0 Å². The molecule has 0 atom stereocenters. The van der Waals surface area contributed by atoms with Crippen molar-refractivity contribution in [2.45, 2.75) is 26.7 Å². The molecule has 2 aromatic rings. The highest BCUT2D eigenvalue weighted by atomic mass is 16.5. The Bertz CT molecular complexity index is 907. The van der Waals surface area contributed by atoms with Crippen molar-refractivity contribution in [3.8, 4) is 11.5 Å². The molecule has 0 spiro atoms. The van der Waals surface area contributed by atoms with E-state index in [0.29, 0.717) is 11.3 Å². The van der Waals surface area contributed by atoms with E-state index >= 15 is 0 Å². The molecule has 0 aliphatic carbocycles. The fourth-order valence-corrected chi connectivity index (χ4v) is 2.78. The van der Waals surface area contributed by atoms with Gasteiger partial charge in [0.1, 0.15) is 11.5 Å². The zero-order chi connectivity index (χ0) is 21.4. The van der Waals surface area contributed by atoms with Crippen molar-refractivity contribution in [1.29, 1.82) is 0 Å². The first-order valence-corrected chi connectivity index (χ1v) is 9.29. The topological polar surface area (TPSA) is 89.0 Å². The van der Waals surface area contributed by atoms with Crippen LogP contribution in [0.5, 0.6) is 11.5 Å². The number of benzene rings is 2. The van der Waals surface area contributed by atoms with Gasteiger partial charge in [0.25, 0.3) is 11.8 Å². The summed E-state index contributed by atoms with van der Waals surface area (Å²) in [4.78, 5) is 24.2. The molecule has 0 saturated carbocycles. The highest BCUT2D eigenvalue weighted by molar-refractivity contribution is 5.98. The summed E-state index contributed by atoms with van der Waals surface area (Å²) in [5.41, 5.74) is 5.71. The van der Waals surface area contributed by atoms with Crippen molar-refractivity contribution in [1.82, 2.24) is 10.7 Å². The minimum absolute atomic E-state index is 0.201. The molecule has 0 heterocycles. The predicted octanol–water partition coefficient (Wildman–Crippen LogP) is 3.02. The number of methoxy groups -OCH3 is 2. The minimum Gasteiger partial charge on any atom is -0.496 e. The Kier molecular flexibility index (Phi) is 7.77. The molecular formula is C22H27N3O4. The molecular weight excluding hydrogens is 370 g/mol. The van der Waals surface area contributed by atoms with E-state index in [1.54, 1.807) is 37.6 Å². The molecule has 2 rings (SSSR count). The van der Waals surface area contributed by atoms with Gasteiger partial charge in [0.15, 0.2) is 0 Å². The molecule has 0 radical (unpaired) electrons. The number of hydrogen-bond donors (Lipinski definition) is 2. The normalized spacial score (nSPS) is 10.8. The summed E-state index contributed by atoms with van der Waals surface area (Å²) in [5, 5.41) is 6.55. The summed E-state index contributed by atoms with van der Waals surface area (Å²) >= 11 is 0. The third-order valence-corrected chi connectivity index (χ3v) is 4.39. The lowest BCUT2D eigenvalue weighted by molar-refractivity contribution is -0.120. The van der Waals surface area contributed by atoms with Gasteiger partial charge in [-0.1, -0.05) is 26.0 Å². The van der Waals surface area contributed by atoms with Gasteiger partial charge >= 0.3 is 0 Å². The first kappa shape index (κ1) is 21.9. The Hall–Kier alpha value is -3.35. The molecule has 154 valence electrons. The highest BCUT2D eigenvalue weighted by Gasteiger charge is 2.13. The lowest BCUT2D eigenvalue weighted by atomic mass is 9.97. The summed E-state index contributed by atoms with van der Waals surface area (Å²) in [6, 6.07) is 10.8. The van der Waals surface area contributed by atoms with Gasteiger partial charge in [0, 0.05) is 0 Å². The molecule has 7 heteroatoms. The largest absolute Gasteiger partial charge is 0.496 e. The molecule has 0 aliphatic rings. The summed E-state index contributed by atoms with van der Waals surface area (Å²) in [6.45, 7) is 5.91. The van der Waals surface area contributed by atoms with Gasteiger partial charge in [0.05, 0.1) is 32.5 Å². The lowest BCUT2D eigenvalue weighted by Crippen LogP contribution is -2.35. The molecule has 0 fully saturated rings. The Morgan fingerprint density at radius 2 is 1.79 bits per heavy atom. The summed E-state index contributed by atoms with van der Waals surface area (Å²) in [7, 11) is 3.13. The van der Waals surface area contributed by atoms with Gasteiger partial charge < -0.3 is 14.8 Å². The highest BCUT2D eigenvalue weighted by Crippen LogP contribution is 2.29. The zero-order valence-electron chi connectivity index (χ0n) is 17.4. The number of amides is 2. The Morgan fingerprint density at radius 1 is 1.10 bits per heavy atom. The number of nitrogens with one attached hydrogen (secondary N) is 2. The number of para-hydroxylation sites is 1. The van der Waals surface area contributed by atoms with Crippen LogP contribution in [-0.2, 0) is 4.79 Å². The molecule has 7 nitrogen and oxygen atoms in total. The van der Waals surface area contributed by atoms with E-state index in [2.05, 4.69) is 29.7 Å². The van der Waals surface area contributed by atoms with Crippen LogP contribution in [0, 0.1) is 6.92 Å². The number of carbonyl (C=O) groups excluding carboxylic acids is 2. The summed E-state index contributed by atoms with van der Waals surface area (Å²) in [5.74, 6) is 0.739. The number of carbonyl (C=O) groups is 2. The van der Waals surface area contributed by atoms with E-state index in [1.165, 1.54) is 7.11 Å². The van der Waals surface area contributed by atoms with Crippen LogP contribution in [0.4, 0.5) is 0 Å². The minimum atomic E-state index is -0.431. The molecule has 29 heavy (non-hydrogen) atoms. The van der Waals surface area contributed by atoms with E-state index in [0.717, 1.165) is 22.4 Å². The zero-order valence-corrected chi connectivity index (χ0v) is 17.4. The van der Waals surface area contributed by atoms with Crippen molar-refractivity contribution in [2.24, 2.45) is 5.10 Å². The summed E-state index contributed by atoms with van der Waals surface area (Å²) in [6.07, 6.45) is 1.58.